The molecule has 2 heterocycles. The molecule has 1 aliphatic rings. The quantitative estimate of drug-likeness (QED) is 0.615. The van der Waals surface area contributed by atoms with Crippen molar-refractivity contribution in [3.63, 3.8) is 0 Å². The second-order valence-corrected chi connectivity index (χ2v) is 5.26. The highest BCUT2D eigenvalue weighted by molar-refractivity contribution is 5.82. The number of rotatable bonds is 2. The Balaban J connectivity index is 1.95. The van der Waals surface area contributed by atoms with Crippen molar-refractivity contribution in [3.05, 3.63) is 40.6 Å². The molecule has 0 amide bonds. The zero-order valence-electron chi connectivity index (χ0n) is 11.0. The van der Waals surface area contributed by atoms with E-state index in [1.54, 1.807) is 12.1 Å². The summed E-state index contributed by atoms with van der Waals surface area (Å²) in [5, 5.41) is 11.7. The van der Waals surface area contributed by atoms with E-state index < -0.39 is 0 Å². The van der Waals surface area contributed by atoms with Gasteiger partial charge in [-0.15, -0.1) is 0 Å². The molecule has 3 rings (SSSR count). The number of hydrogen-bond donors (Lipinski definition) is 0. The van der Waals surface area contributed by atoms with Crippen LogP contribution in [0.3, 0.4) is 0 Å². The third kappa shape index (κ3) is 2.21. The van der Waals surface area contributed by atoms with Crippen molar-refractivity contribution in [2.24, 2.45) is 0 Å². The Bertz CT molecular complexity index is 612. The largest absolute Gasteiger partial charge is 0.344 e. The SMILES string of the molecule is CN1CCC(n2ccc3cc([N+](=O)[O-])ccc32)CC1. The molecule has 1 aromatic carbocycles. The molecule has 19 heavy (non-hydrogen) atoms. The number of non-ortho nitro benzene ring substituents is 1. The van der Waals surface area contributed by atoms with Gasteiger partial charge in [-0.25, -0.2) is 0 Å². The monoisotopic (exact) mass is 259 g/mol. The van der Waals surface area contributed by atoms with E-state index in [9.17, 15) is 10.1 Å². The summed E-state index contributed by atoms with van der Waals surface area (Å²) in [6.07, 6.45) is 4.33. The first kappa shape index (κ1) is 12.2. The molecular formula is C14H17N3O2. The number of nitro benzene ring substituents is 1. The minimum atomic E-state index is -0.341. The lowest BCUT2D eigenvalue weighted by Gasteiger charge is -2.30. The molecule has 1 aliphatic heterocycles. The fraction of sp³-hybridized carbons (Fsp3) is 0.429. The van der Waals surface area contributed by atoms with Crippen molar-refractivity contribution in [2.45, 2.75) is 18.9 Å². The third-order valence-corrected chi connectivity index (χ3v) is 4.00. The lowest BCUT2D eigenvalue weighted by atomic mass is 10.1. The lowest BCUT2D eigenvalue weighted by Crippen LogP contribution is -2.31. The minimum absolute atomic E-state index is 0.161. The molecule has 1 fully saturated rings. The fourth-order valence-corrected chi connectivity index (χ4v) is 2.86. The summed E-state index contributed by atoms with van der Waals surface area (Å²) < 4.78 is 2.27. The average molecular weight is 259 g/mol. The lowest BCUT2D eigenvalue weighted by molar-refractivity contribution is -0.384. The average Bonchev–Trinajstić information content (AvgIpc) is 2.82. The molecule has 100 valence electrons. The van der Waals surface area contributed by atoms with Crippen LogP contribution in [0.25, 0.3) is 10.9 Å². The number of piperidine rings is 1. The smallest absolute Gasteiger partial charge is 0.270 e. The van der Waals surface area contributed by atoms with Crippen molar-refractivity contribution < 1.29 is 4.92 Å². The van der Waals surface area contributed by atoms with E-state index >= 15 is 0 Å². The Labute approximate surface area is 111 Å². The molecule has 0 spiro atoms. The molecule has 2 aromatic rings. The summed E-state index contributed by atoms with van der Waals surface area (Å²) in [5.74, 6) is 0. The summed E-state index contributed by atoms with van der Waals surface area (Å²) in [6.45, 7) is 2.22. The first-order chi connectivity index (χ1) is 9.15. The summed E-state index contributed by atoms with van der Waals surface area (Å²) in [6, 6.07) is 7.59. The van der Waals surface area contributed by atoms with Gasteiger partial charge in [-0.1, -0.05) is 0 Å². The van der Waals surface area contributed by atoms with E-state index in [0.29, 0.717) is 6.04 Å². The highest BCUT2D eigenvalue weighted by Crippen LogP contribution is 2.29. The molecule has 0 saturated carbocycles. The molecule has 5 nitrogen and oxygen atoms in total. The van der Waals surface area contributed by atoms with Gasteiger partial charge in [-0.05, 0) is 45.1 Å². The van der Waals surface area contributed by atoms with Crippen LogP contribution in [-0.2, 0) is 0 Å². The van der Waals surface area contributed by atoms with Crippen LogP contribution in [0.4, 0.5) is 5.69 Å². The van der Waals surface area contributed by atoms with E-state index in [0.717, 1.165) is 36.8 Å². The van der Waals surface area contributed by atoms with Crippen LogP contribution < -0.4 is 0 Å². The van der Waals surface area contributed by atoms with E-state index in [1.165, 1.54) is 0 Å². The number of hydrogen-bond acceptors (Lipinski definition) is 3. The van der Waals surface area contributed by atoms with Crippen LogP contribution in [0.5, 0.6) is 0 Å². The molecule has 1 aromatic heterocycles. The zero-order valence-corrected chi connectivity index (χ0v) is 11.0. The highest BCUT2D eigenvalue weighted by atomic mass is 16.6. The number of benzene rings is 1. The third-order valence-electron chi connectivity index (χ3n) is 4.00. The van der Waals surface area contributed by atoms with Gasteiger partial charge >= 0.3 is 0 Å². The Hall–Kier alpha value is -1.88. The van der Waals surface area contributed by atoms with Gasteiger partial charge in [0.15, 0.2) is 0 Å². The molecule has 0 aliphatic carbocycles. The van der Waals surface area contributed by atoms with Crippen molar-refractivity contribution >= 4 is 16.6 Å². The Morgan fingerprint density at radius 1 is 1.26 bits per heavy atom. The molecular weight excluding hydrogens is 242 g/mol. The van der Waals surface area contributed by atoms with Gasteiger partial charge in [0.25, 0.3) is 5.69 Å². The fourth-order valence-electron chi connectivity index (χ4n) is 2.86. The molecule has 1 saturated heterocycles. The van der Waals surface area contributed by atoms with Gasteiger partial charge in [0.2, 0.25) is 0 Å². The molecule has 0 radical (unpaired) electrons. The maximum Gasteiger partial charge on any atom is 0.270 e. The number of aromatic nitrogens is 1. The van der Waals surface area contributed by atoms with E-state index in [2.05, 4.69) is 22.7 Å². The summed E-state index contributed by atoms with van der Waals surface area (Å²) in [5.41, 5.74) is 1.26. The predicted octanol–water partition coefficient (Wildman–Crippen LogP) is 2.82. The van der Waals surface area contributed by atoms with Crippen molar-refractivity contribution in [3.8, 4) is 0 Å². The van der Waals surface area contributed by atoms with Gasteiger partial charge in [-0.3, -0.25) is 10.1 Å². The zero-order chi connectivity index (χ0) is 13.4. The summed E-state index contributed by atoms with van der Waals surface area (Å²) >= 11 is 0. The number of nitrogens with zero attached hydrogens (tertiary/aromatic N) is 3. The van der Waals surface area contributed by atoms with Crippen LogP contribution in [0, 0.1) is 10.1 Å². The Morgan fingerprint density at radius 3 is 2.68 bits per heavy atom. The minimum Gasteiger partial charge on any atom is -0.344 e. The van der Waals surface area contributed by atoms with Crippen LogP contribution in [0.15, 0.2) is 30.5 Å². The second kappa shape index (κ2) is 4.66. The van der Waals surface area contributed by atoms with Gasteiger partial charge in [0.05, 0.1) is 4.92 Å². The number of fused-ring (bicyclic) bond motifs is 1. The Kier molecular flexibility index (Phi) is 2.98. The first-order valence-corrected chi connectivity index (χ1v) is 6.58. The van der Waals surface area contributed by atoms with Crippen LogP contribution in [-0.4, -0.2) is 34.5 Å². The molecule has 0 unspecified atom stereocenters. The normalized spacial score (nSPS) is 17.9. The summed E-state index contributed by atoms with van der Waals surface area (Å²) in [7, 11) is 2.15. The maximum absolute atomic E-state index is 10.8. The Morgan fingerprint density at radius 2 is 2.00 bits per heavy atom. The van der Waals surface area contributed by atoms with E-state index in [4.69, 9.17) is 0 Å². The summed E-state index contributed by atoms with van der Waals surface area (Å²) in [4.78, 5) is 12.8. The second-order valence-electron chi connectivity index (χ2n) is 5.26. The van der Waals surface area contributed by atoms with Gasteiger partial charge < -0.3 is 9.47 Å². The topological polar surface area (TPSA) is 51.3 Å². The van der Waals surface area contributed by atoms with Crippen molar-refractivity contribution in [2.75, 3.05) is 20.1 Å². The van der Waals surface area contributed by atoms with Gasteiger partial charge in [-0.2, -0.15) is 0 Å². The standard InChI is InChI=1S/C14H17N3O2/c1-15-7-5-12(6-8-15)16-9-4-11-10-13(17(18)19)2-3-14(11)16/h2-4,9-10,12H,5-8H2,1H3. The molecule has 0 N–H and O–H groups in total. The molecule has 0 atom stereocenters. The van der Waals surface area contributed by atoms with Crippen LogP contribution >= 0.6 is 0 Å². The van der Waals surface area contributed by atoms with Gasteiger partial charge in [0.1, 0.15) is 0 Å². The molecule has 0 bridgehead atoms. The van der Waals surface area contributed by atoms with Crippen molar-refractivity contribution in [1.82, 2.24) is 9.47 Å². The van der Waals surface area contributed by atoms with Gasteiger partial charge in [0, 0.05) is 35.3 Å². The van der Waals surface area contributed by atoms with Crippen LogP contribution in [0.2, 0.25) is 0 Å². The highest BCUT2D eigenvalue weighted by Gasteiger charge is 2.19. The number of likely N-dealkylation sites (tertiary alicyclic amines) is 1. The predicted molar refractivity (Wildman–Crippen MR) is 74.4 cm³/mol. The maximum atomic E-state index is 10.8. The van der Waals surface area contributed by atoms with E-state index in [-0.39, 0.29) is 10.6 Å². The van der Waals surface area contributed by atoms with Crippen molar-refractivity contribution in [1.29, 1.82) is 0 Å². The van der Waals surface area contributed by atoms with Crippen LogP contribution in [0.1, 0.15) is 18.9 Å². The van der Waals surface area contributed by atoms with E-state index in [1.807, 2.05) is 12.1 Å². The first-order valence-electron chi connectivity index (χ1n) is 6.58. The molecule has 5 heteroatoms. The number of nitro groups is 1.